The highest BCUT2D eigenvalue weighted by Gasteiger charge is 2.35. The third-order valence-electron chi connectivity index (χ3n) is 8.80. The number of primary amides is 1. The number of hydrogen-bond donors (Lipinski definition) is 9. The Kier molecular flexibility index (Phi) is 14.2. The number of rotatable bonds is 18. The van der Waals surface area contributed by atoms with Gasteiger partial charge in [-0.25, -0.2) is 22.7 Å². The Balaban J connectivity index is 1.52. The normalized spacial score (nSPS) is 15.9. The van der Waals surface area contributed by atoms with E-state index < -0.39 is 89.9 Å². The van der Waals surface area contributed by atoms with Gasteiger partial charge >= 0.3 is 0 Å². The van der Waals surface area contributed by atoms with Crippen LogP contribution in [-0.4, -0.2) is 148 Å². The summed E-state index contributed by atoms with van der Waals surface area (Å²) in [6.07, 6.45) is 4.13. The maximum atomic E-state index is 13.6. The Labute approximate surface area is 315 Å². The lowest BCUT2D eigenvalue weighted by molar-refractivity contribution is -0.139. The minimum Gasteiger partial charge on any atom is -0.506 e. The number of hydrogen-bond acceptors (Lipinski definition) is 13. The van der Waals surface area contributed by atoms with Crippen LogP contribution in [0.1, 0.15) is 30.7 Å². The van der Waals surface area contributed by atoms with Gasteiger partial charge in [0.05, 0.1) is 31.0 Å². The molecule has 3 heterocycles. The number of carbonyl (C=O) groups is 6. The second-order valence-corrected chi connectivity index (χ2v) is 14.9. The number of pyridine rings is 1. The molecule has 298 valence electrons. The number of nitrogens with one attached hydrogen (secondary N) is 5. The minimum absolute atomic E-state index is 0.0656. The number of aliphatic hydroxyl groups is 2. The van der Waals surface area contributed by atoms with Gasteiger partial charge in [-0.15, -0.1) is 0 Å². The van der Waals surface area contributed by atoms with Gasteiger partial charge in [0, 0.05) is 56.5 Å². The van der Waals surface area contributed by atoms with E-state index in [4.69, 9.17) is 5.73 Å². The number of phenolic OH excluding ortho intramolecular Hbond substituents is 1. The van der Waals surface area contributed by atoms with Gasteiger partial charge < -0.3 is 52.2 Å². The zero-order valence-electron chi connectivity index (χ0n) is 30.0. The summed E-state index contributed by atoms with van der Waals surface area (Å²) in [5, 5.41) is 39.1. The second kappa shape index (κ2) is 18.6. The molecule has 0 spiro atoms. The standard InChI is InChI=1S/C33H44N10O11S/c1-42(2)55(53,54)26-9-8-25(46)29-20(26)7-5-18(38-29)12-21(31(50)41-23(16-45)32(51)40-22(15-44)30(34)49)39-27(47)14-36-33(52)24-4-3-11-43(24)28(48)10-6-19-13-35-17-37-19/h5,7-9,13,17,21-24,44-46H,3-4,6,10-12,14-16H2,1-2H3,(H2,34,49)(H,35,37)(H,36,52)(H,39,47)(H,40,51)(H,41,50)/t21-,22-,23-,24+/m0/s1. The van der Waals surface area contributed by atoms with E-state index in [0.717, 1.165) is 16.1 Å². The molecule has 0 aliphatic carbocycles. The molecule has 55 heavy (non-hydrogen) atoms. The summed E-state index contributed by atoms with van der Waals surface area (Å²) in [5.41, 5.74) is 5.84. The molecule has 1 aliphatic heterocycles. The molecule has 3 aromatic rings. The Hall–Kier alpha value is -5.71. The number of phenols is 1. The van der Waals surface area contributed by atoms with Crippen molar-refractivity contribution >= 4 is 56.4 Å². The van der Waals surface area contributed by atoms with E-state index in [-0.39, 0.29) is 39.6 Å². The molecule has 2 aromatic heterocycles. The molecule has 10 N–H and O–H groups in total. The van der Waals surface area contributed by atoms with E-state index >= 15 is 0 Å². The van der Waals surface area contributed by atoms with Crippen LogP contribution in [0.2, 0.25) is 0 Å². The molecule has 1 fully saturated rings. The lowest BCUT2D eigenvalue weighted by Gasteiger charge is -2.25. The van der Waals surface area contributed by atoms with Crippen molar-refractivity contribution in [1.82, 2.24) is 45.4 Å². The summed E-state index contributed by atoms with van der Waals surface area (Å²) < 4.78 is 26.8. The van der Waals surface area contributed by atoms with Crippen LogP contribution in [-0.2, 0) is 51.6 Å². The van der Waals surface area contributed by atoms with E-state index in [0.29, 0.717) is 25.8 Å². The maximum Gasteiger partial charge on any atom is 0.245 e. The topological polar surface area (TPSA) is 319 Å². The number of H-pyrrole nitrogens is 1. The molecule has 6 amide bonds. The number of aliphatic hydroxyl groups excluding tert-OH is 2. The van der Waals surface area contributed by atoms with Gasteiger partial charge in [-0.3, -0.25) is 28.8 Å². The summed E-state index contributed by atoms with van der Waals surface area (Å²) in [7, 11) is -1.31. The molecule has 4 atom stereocenters. The van der Waals surface area contributed by atoms with Gasteiger partial charge in [-0.1, -0.05) is 0 Å². The fourth-order valence-electron chi connectivity index (χ4n) is 5.79. The molecule has 1 saturated heterocycles. The SMILES string of the molecule is CN(C)S(=O)(=O)c1ccc(O)c2nc(C[C@H](NC(=O)CNC(=O)[C@H]3CCCN3C(=O)CCc3cnc[nH]3)C(=O)N[C@@H](CO)C(=O)N[C@@H](CO)C(N)=O)ccc12. The molecule has 22 heteroatoms. The summed E-state index contributed by atoms with van der Waals surface area (Å²) in [4.78, 5) is 89.6. The van der Waals surface area contributed by atoms with Crippen LogP contribution in [0.5, 0.6) is 5.75 Å². The van der Waals surface area contributed by atoms with Gasteiger partial charge in [-0.2, -0.15) is 0 Å². The Morgan fingerprint density at radius 2 is 1.69 bits per heavy atom. The van der Waals surface area contributed by atoms with E-state index in [9.17, 15) is 52.5 Å². The van der Waals surface area contributed by atoms with Crippen LogP contribution in [0, 0.1) is 0 Å². The van der Waals surface area contributed by atoms with Gasteiger partial charge in [0.1, 0.15) is 35.4 Å². The molecule has 0 bridgehead atoms. The Morgan fingerprint density at radius 3 is 2.33 bits per heavy atom. The molecule has 21 nitrogen and oxygen atoms in total. The van der Waals surface area contributed by atoms with Crippen molar-refractivity contribution in [2.45, 2.75) is 61.2 Å². The molecule has 0 unspecified atom stereocenters. The molecule has 1 aliphatic rings. The number of aromatic hydroxyl groups is 1. The lowest BCUT2D eigenvalue weighted by atomic mass is 10.1. The number of amides is 6. The first-order valence-electron chi connectivity index (χ1n) is 17.1. The molecular formula is C33H44N10O11S. The van der Waals surface area contributed by atoms with Crippen molar-refractivity contribution in [3.05, 3.63) is 48.2 Å². The van der Waals surface area contributed by atoms with Crippen LogP contribution in [0.3, 0.4) is 0 Å². The maximum absolute atomic E-state index is 13.6. The number of aromatic amines is 1. The number of nitrogens with two attached hydrogens (primary N) is 1. The van der Waals surface area contributed by atoms with Gasteiger partial charge in [-0.05, 0) is 43.5 Å². The van der Waals surface area contributed by atoms with E-state index in [1.54, 1.807) is 6.20 Å². The van der Waals surface area contributed by atoms with Gasteiger partial charge in [0.25, 0.3) is 0 Å². The number of aryl methyl sites for hydroxylation is 1. The molecular weight excluding hydrogens is 744 g/mol. The first-order valence-corrected chi connectivity index (χ1v) is 18.5. The van der Waals surface area contributed by atoms with Crippen molar-refractivity contribution in [2.24, 2.45) is 5.73 Å². The highest BCUT2D eigenvalue weighted by atomic mass is 32.2. The molecule has 4 rings (SSSR count). The van der Waals surface area contributed by atoms with Crippen LogP contribution in [0.4, 0.5) is 0 Å². The minimum atomic E-state index is -3.97. The number of benzene rings is 1. The van der Waals surface area contributed by atoms with Crippen molar-refractivity contribution in [3.8, 4) is 5.75 Å². The molecule has 1 aromatic carbocycles. The Morgan fingerprint density at radius 1 is 1.00 bits per heavy atom. The zero-order chi connectivity index (χ0) is 40.4. The smallest absolute Gasteiger partial charge is 0.245 e. The van der Waals surface area contributed by atoms with Gasteiger partial charge in [0.2, 0.25) is 45.5 Å². The van der Waals surface area contributed by atoms with Crippen molar-refractivity contribution < 1.29 is 52.5 Å². The monoisotopic (exact) mass is 788 g/mol. The third-order valence-corrected chi connectivity index (χ3v) is 10.7. The van der Waals surface area contributed by atoms with Crippen LogP contribution >= 0.6 is 0 Å². The summed E-state index contributed by atoms with van der Waals surface area (Å²) >= 11 is 0. The number of likely N-dealkylation sites (tertiary alicyclic amines) is 1. The predicted octanol–water partition coefficient (Wildman–Crippen LogP) is -3.88. The van der Waals surface area contributed by atoms with Crippen molar-refractivity contribution in [1.29, 1.82) is 0 Å². The molecule has 0 radical (unpaired) electrons. The predicted molar refractivity (Wildman–Crippen MR) is 192 cm³/mol. The first kappa shape index (κ1) is 42.0. The van der Waals surface area contributed by atoms with Crippen LogP contribution in [0.15, 0.2) is 41.7 Å². The number of aromatic nitrogens is 3. The summed E-state index contributed by atoms with van der Waals surface area (Å²) in [5.74, 6) is -5.31. The number of imidazole rings is 1. The first-order chi connectivity index (χ1) is 26.1. The summed E-state index contributed by atoms with van der Waals surface area (Å²) in [6.45, 7) is -2.13. The van der Waals surface area contributed by atoms with Crippen LogP contribution < -0.4 is 27.0 Å². The average Bonchev–Trinajstić information content (AvgIpc) is 3.87. The largest absolute Gasteiger partial charge is 0.506 e. The number of fused-ring (bicyclic) bond motifs is 1. The van der Waals surface area contributed by atoms with E-state index in [2.05, 4.69) is 36.2 Å². The van der Waals surface area contributed by atoms with Gasteiger partial charge in [0.15, 0.2) is 0 Å². The Bertz CT molecular complexity index is 2010. The van der Waals surface area contributed by atoms with E-state index in [1.807, 2.05) is 0 Å². The summed E-state index contributed by atoms with van der Waals surface area (Å²) in [6, 6.07) is -0.538. The van der Waals surface area contributed by atoms with Crippen LogP contribution in [0.25, 0.3) is 10.9 Å². The average molecular weight is 789 g/mol. The highest BCUT2D eigenvalue weighted by molar-refractivity contribution is 7.89. The lowest BCUT2D eigenvalue weighted by Crippen LogP contribution is -2.59. The third kappa shape index (κ3) is 10.5. The second-order valence-electron chi connectivity index (χ2n) is 12.8. The fourth-order valence-corrected chi connectivity index (χ4v) is 6.87. The number of nitrogens with zero attached hydrogens (tertiary/aromatic N) is 4. The number of sulfonamides is 1. The quantitative estimate of drug-likeness (QED) is 0.0597. The molecule has 0 saturated carbocycles. The van der Waals surface area contributed by atoms with Crippen molar-refractivity contribution in [2.75, 3.05) is 40.4 Å². The fraction of sp³-hybridized carbons (Fsp3) is 0.455. The van der Waals surface area contributed by atoms with Crippen molar-refractivity contribution in [3.63, 3.8) is 0 Å². The number of carbonyl (C=O) groups excluding carboxylic acids is 6. The van der Waals surface area contributed by atoms with E-state index in [1.165, 1.54) is 43.5 Å². The zero-order valence-corrected chi connectivity index (χ0v) is 30.8. The highest BCUT2D eigenvalue weighted by Crippen LogP contribution is 2.30.